The van der Waals surface area contributed by atoms with E-state index in [9.17, 15) is 4.79 Å². The fourth-order valence-electron chi connectivity index (χ4n) is 2.59. The molecule has 1 heterocycles. The van der Waals surface area contributed by atoms with Gasteiger partial charge in [-0.1, -0.05) is 12.1 Å². The normalized spacial score (nSPS) is 18.1. The second-order valence-corrected chi connectivity index (χ2v) is 7.26. The molecule has 0 aromatic heterocycles. The number of amides is 1. The van der Waals surface area contributed by atoms with Crippen LogP contribution < -0.4 is 16.0 Å². The van der Waals surface area contributed by atoms with Gasteiger partial charge in [-0.3, -0.25) is 4.79 Å². The summed E-state index contributed by atoms with van der Waals surface area (Å²) in [6, 6.07) is 7.78. The van der Waals surface area contributed by atoms with Crippen molar-refractivity contribution in [1.29, 1.82) is 0 Å². The Morgan fingerprint density at radius 3 is 2.80 bits per heavy atom. The van der Waals surface area contributed by atoms with Crippen LogP contribution in [0, 0.1) is 0 Å². The van der Waals surface area contributed by atoms with Gasteiger partial charge in [-0.25, -0.2) is 4.99 Å². The van der Waals surface area contributed by atoms with Crippen molar-refractivity contribution in [1.82, 2.24) is 10.6 Å². The number of hydrogen-bond donors (Lipinski definition) is 3. The molecule has 0 radical (unpaired) electrons. The van der Waals surface area contributed by atoms with Gasteiger partial charge in [0.1, 0.15) is 6.10 Å². The monoisotopic (exact) mass is 346 g/mol. The molecule has 1 aromatic rings. The maximum Gasteiger partial charge on any atom is 0.253 e. The Kier molecular flexibility index (Phi) is 6.82. The first-order valence-corrected chi connectivity index (χ1v) is 8.95. The Bertz CT molecular complexity index is 602. The van der Waals surface area contributed by atoms with Crippen molar-refractivity contribution in [2.75, 3.05) is 18.5 Å². The number of aliphatic imine (C=N–C) groups is 1. The molecular weight excluding hydrogens is 316 g/mol. The van der Waals surface area contributed by atoms with Crippen LogP contribution in [-0.4, -0.2) is 36.7 Å². The lowest BCUT2D eigenvalue weighted by molar-refractivity contribution is -0.124. The molecule has 3 N–H and O–H groups in total. The second-order valence-electron chi connectivity index (χ2n) is 7.26. The highest BCUT2D eigenvalue weighted by molar-refractivity contribution is 5.94. The number of ether oxygens (including phenoxy) is 1. The second kappa shape index (κ2) is 8.85. The van der Waals surface area contributed by atoms with Crippen LogP contribution in [0.25, 0.3) is 0 Å². The molecule has 1 aliphatic rings. The minimum Gasteiger partial charge on any atom is -0.368 e. The summed E-state index contributed by atoms with van der Waals surface area (Å²) >= 11 is 0. The lowest BCUT2D eigenvalue weighted by Gasteiger charge is -2.23. The number of nitrogens with zero attached hydrogens (tertiary/aromatic N) is 1. The van der Waals surface area contributed by atoms with E-state index in [0.717, 1.165) is 36.6 Å². The number of guanidine groups is 1. The lowest BCUT2D eigenvalue weighted by atomic mass is 10.1. The molecule has 138 valence electrons. The number of nitrogens with one attached hydrogen (secondary N) is 3. The van der Waals surface area contributed by atoms with Crippen LogP contribution in [0.15, 0.2) is 29.3 Å². The van der Waals surface area contributed by atoms with Crippen LogP contribution in [0.4, 0.5) is 5.69 Å². The number of hydrogen-bond acceptors (Lipinski definition) is 3. The largest absolute Gasteiger partial charge is 0.368 e. The van der Waals surface area contributed by atoms with Crippen molar-refractivity contribution < 1.29 is 9.53 Å². The molecule has 1 unspecified atom stereocenters. The summed E-state index contributed by atoms with van der Waals surface area (Å²) in [5, 5.41) is 9.54. The van der Waals surface area contributed by atoms with Crippen LogP contribution in [0.2, 0.25) is 0 Å². The van der Waals surface area contributed by atoms with Crippen molar-refractivity contribution in [2.24, 2.45) is 4.99 Å². The molecule has 1 aromatic carbocycles. The van der Waals surface area contributed by atoms with Crippen molar-refractivity contribution in [3.8, 4) is 0 Å². The first-order valence-electron chi connectivity index (χ1n) is 8.95. The quantitative estimate of drug-likeness (QED) is 0.566. The Labute approximate surface area is 150 Å². The zero-order valence-electron chi connectivity index (χ0n) is 15.7. The number of anilines is 1. The molecular formula is C19H30N4O2. The molecule has 0 spiro atoms. The number of carbonyl (C=O) groups excluding carboxylic acids is 1. The van der Waals surface area contributed by atoms with Crippen LogP contribution in [0.5, 0.6) is 0 Å². The van der Waals surface area contributed by atoms with Gasteiger partial charge >= 0.3 is 0 Å². The number of rotatable bonds is 5. The topological polar surface area (TPSA) is 74.8 Å². The van der Waals surface area contributed by atoms with E-state index in [-0.39, 0.29) is 17.6 Å². The maximum absolute atomic E-state index is 12.2. The first kappa shape index (κ1) is 19.2. The van der Waals surface area contributed by atoms with Crippen LogP contribution >= 0.6 is 0 Å². The summed E-state index contributed by atoms with van der Waals surface area (Å²) < 4.78 is 5.42. The van der Waals surface area contributed by atoms with E-state index in [2.05, 4.69) is 41.7 Å². The zero-order chi connectivity index (χ0) is 18.3. The standard InChI is InChI=1S/C19H30N4O2/c1-5-20-18(23-19(2,3)4)21-13-14-8-6-9-15(12-14)22-17(24)16-10-7-11-25-16/h6,8-9,12,16H,5,7,10-11,13H2,1-4H3,(H,22,24)(H2,20,21,23). The SMILES string of the molecule is CCNC(=NCc1cccc(NC(=O)C2CCCO2)c1)NC(C)(C)C. The molecule has 6 heteroatoms. The zero-order valence-corrected chi connectivity index (χ0v) is 15.7. The number of carbonyl (C=O) groups is 1. The predicted octanol–water partition coefficient (Wildman–Crippen LogP) is 2.66. The van der Waals surface area contributed by atoms with Crippen LogP contribution in [0.1, 0.15) is 46.1 Å². The summed E-state index contributed by atoms with van der Waals surface area (Å²) in [6.07, 6.45) is 1.42. The average molecular weight is 346 g/mol. The number of benzene rings is 1. The summed E-state index contributed by atoms with van der Waals surface area (Å²) in [5.74, 6) is 0.713. The molecule has 1 amide bonds. The Balaban J connectivity index is 1.99. The lowest BCUT2D eigenvalue weighted by Crippen LogP contribution is -2.47. The summed E-state index contributed by atoms with van der Waals surface area (Å²) in [6.45, 7) is 10.3. The fourth-order valence-corrected chi connectivity index (χ4v) is 2.59. The van der Waals surface area contributed by atoms with Gasteiger partial charge in [-0.15, -0.1) is 0 Å². The third kappa shape index (κ3) is 6.74. The van der Waals surface area contributed by atoms with Gasteiger partial charge in [0.05, 0.1) is 6.54 Å². The minimum absolute atomic E-state index is 0.0574. The molecule has 2 rings (SSSR count). The summed E-state index contributed by atoms with van der Waals surface area (Å²) in [7, 11) is 0. The first-order chi connectivity index (χ1) is 11.9. The van der Waals surface area contributed by atoms with Crippen LogP contribution in [-0.2, 0) is 16.1 Å². The Morgan fingerprint density at radius 1 is 1.36 bits per heavy atom. The van der Waals surface area contributed by atoms with E-state index in [1.807, 2.05) is 31.2 Å². The van der Waals surface area contributed by atoms with E-state index in [4.69, 9.17) is 4.74 Å². The van der Waals surface area contributed by atoms with Crippen molar-refractivity contribution >= 4 is 17.6 Å². The molecule has 1 saturated heterocycles. The highest BCUT2D eigenvalue weighted by atomic mass is 16.5. The summed E-state index contributed by atoms with van der Waals surface area (Å²) in [5.41, 5.74) is 1.76. The minimum atomic E-state index is -0.321. The summed E-state index contributed by atoms with van der Waals surface area (Å²) in [4.78, 5) is 16.8. The van der Waals surface area contributed by atoms with Gasteiger partial charge < -0.3 is 20.7 Å². The predicted molar refractivity (Wildman–Crippen MR) is 102 cm³/mol. The van der Waals surface area contributed by atoms with E-state index in [0.29, 0.717) is 13.2 Å². The van der Waals surface area contributed by atoms with Gasteiger partial charge in [0.25, 0.3) is 5.91 Å². The van der Waals surface area contributed by atoms with E-state index < -0.39 is 0 Å². The Hall–Kier alpha value is -2.08. The van der Waals surface area contributed by atoms with Gasteiger partial charge in [0.2, 0.25) is 0 Å². The van der Waals surface area contributed by atoms with E-state index in [1.165, 1.54) is 0 Å². The van der Waals surface area contributed by atoms with Crippen LogP contribution in [0.3, 0.4) is 0 Å². The van der Waals surface area contributed by atoms with Crippen molar-refractivity contribution in [3.05, 3.63) is 29.8 Å². The molecule has 25 heavy (non-hydrogen) atoms. The molecule has 1 aliphatic heterocycles. The van der Waals surface area contributed by atoms with Gasteiger partial charge in [-0.05, 0) is 58.2 Å². The van der Waals surface area contributed by atoms with E-state index >= 15 is 0 Å². The molecule has 1 atom stereocenters. The fraction of sp³-hybridized carbons (Fsp3) is 0.579. The molecule has 0 aliphatic carbocycles. The molecule has 1 fully saturated rings. The van der Waals surface area contributed by atoms with Crippen molar-refractivity contribution in [3.63, 3.8) is 0 Å². The van der Waals surface area contributed by atoms with E-state index in [1.54, 1.807) is 0 Å². The molecule has 6 nitrogen and oxygen atoms in total. The van der Waals surface area contributed by atoms with Crippen molar-refractivity contribution in [2.45, 2.75) is 58.7 Å². The maximum atomic E-state index is 12.2. The molecule has 0 saturated carbocycles. The average Bonchev–Trinajstić information content (AvgIpc) is 3.06. The molecule has 0 bridgehead atoms. The van der Waals surface area contributed by atoms with Gasteiger partial charge in [0, 0.05) is 24.4 Å². The third-order valence-corrected chi connectivity index (χ3v) is 3.67. The third-order valence-electron chi connectivity index (χ3n) is 3.67. The highest BCUT2D eigenvalue weighted by Gasteiger charge is 2.23. The van der Waals surface area contributed by atoms with Gasteiger partial charge in [0.15, 0.2) is 5.96 Å². The Morgan fingerprint density at radius 2 is 2.16 bits per heavy atom. The highest BCUT2D eigenvalue weighted by Crippen LogP contribution is 2.16. The van der Waals surface area contributed by atoms with Gasteiger partial charge in [-0.2, -0.15) is 0 Å². The smallest absolute Gasteiger partial charge is 0.253 e.